The van der Waals surface area contributed by atoms with Crippen LogP contribution in [0, 0.1) is 0 Å². The lowest BCUT2D eigenvalue weighted by Gasteiger charge is -2.04. The summed E-state index contributed by atoms with van der Waals surface area (Å²) in [7, 11) is 0. The third kappa shape index (κ3) is 4.71. The summed E-state index contributed by atoms with van der Waals surface area (Å²) in [5.74, 6) is 0. The number of unbranched alkanes of at least 4 members (excludes halogenated alkanes) is 5. The van der Waals surface area contributed by atoms with Crippen LogP contribution in [0.15, 0.2) is 12.3 Å². The van der Waals surface area contributed by atoms with Crippen LogP contribution in [0.1, 0.15) is 51.0 Å². The maximum absolute atomic E-state index is 6.06. The molecule has 0 aliphatic heterocycles. The maximum Gasteiger partial charge on any atom is 0.147 e. The highest BCUT2D eigenvalue weighted by Crippen LogP contribution is 2.24. The SMILES string of the molecule is CCCCCCCCc1ccnc(Cl)c1Cl. The summed E-state index contributed by atoms with van der Waals surface area (Å²) >= 11 is 11.9. The molecule has 1 aromatic heterocycles. The molecule has 0 saturated carbocycles. The Bertz CT molecular complexity index is 313. The molecule has 0 atom stereocenters. The molecule has 0 unspecified atom stereocenters. The molecule has 0 spiro atoms. The molecule has 3 heteroatoms. The van der Waals surface area contributed by atoms with Crippen LogP contribution >= 0.6 is 23.2 Å². The van der Waals surface area contributed by atoms with E-state index >= 15 is 0 Å². The van der Waals surface area contributed by atoms with Gasteiger partial charge in [-0.1, -0.05) is 62.2 Å². The van der Waals surface area contributed by atoms with Gasteiger partial charge >= 0.3 is 0 Å². The molecule has 1 heterocycles. The van der Waals surface area contributed by atoms with Crippen LogP contribution in [0.5, 0.6) is 0 Å². The first-order valence-corrected chi connectivity index (χ1v) is 6.80. The second-order valence-electron chi connectivity index (χ2n) is 4.09. The van der Waals surface area contributed by atoms with Gasteiger partial charge < -0.3 is 0 Å². The Morgan fingerprint density at radius 1 is 1.06 bits per heavy atom. The molecule has 1 aromatic rings. The van der Waals surface area contributed by atoms with Gasteiger partial charge in [0.05, 0.1) is 5.02 Å². The molecule has 0 radical (unpaired) electrons. The van der Waals surface area contributed by atoms with Crippen LogP contribution in [-0.2, 0) is 6.42 Å². The fourth-order valence-corrected chi connectivity index (χ4v) is 2.13. The van der Waals surface area contributed by atoms with Crippen molar-refractivity contribution in [3.05, 3.63) is 28.0 Å². The molecule has 0 aliphatic rings. The van der Waals surface area contributed by atoms with Crippen molar-refractivity contribution in [3.63, 3.8) is 0 Å². The molecular formula is C13H19Cl2N. The lowest BCUT2D eigenvalue weighted by molar-refractivity contribution is 0.607. The second-order valence-corrected chi connectivity index (χ2v) is 4.83. The van der Waals surface area contributed by atoms with Crippen molar-refractivity contribution in [1.82, 2.24) is 4.98 Å². The molecule has 0 bridgehead atoms. The Kier molecular flexibility index (Phi) is 6.82. The van der Waals surface area contributed by atoms with Gasteiger partial charge in [0.2, 0.25) is 0 Å². The first-order valence-electron chi connectivity index (χ1n) is 6.04. The van der Waals surface area contributed by atoms with E-state index in [0.717, 1.165) is 12.0 Å². The van der Waals surface area contributed by atoms with E-state index in [1.54, 1.807) is 6.20 Å². The van der Waals surface area contributed by atoms with Gasteiger partial charge in [0.1, 0.15) is 5.15 Å². The molecule has 0 amide bonds. The van der Waals surface area contributed by atoms with Gasteiger partial charge in [-0.2, -0.15) is 0 Å². The number of hydrogen-bond acceptors (Lipinski definition) is 1. The fourth-order valence-electron chi connectivity index (χ4n) is 1.74. The van der Waals surface area contributed by atoms with Crippen LogP contribution in [0.2, 0.25) is 10.2 Å². The Hall–Kier alpha value is -0.270. The summed E-state index contributed by atoms with van der Waals surface area (Å²) in [5, 5.41) is 1.04. The van der Waals surface area contributed by atoms with Gasteiger partial charge in [0.15, 0.2) is 0 Å². The standard InChI is InChI=1S/C13H19Cl2N/c1-2-3-4-5-6-7-8-11-9-10-16-13(15)12(11)14/h9-10H,2-8H2,1H3. The van der Waals surface area contributed by atoms with E-state index in [-0.39, 0.29) is 0 Å². The van der Waals surface area contributed by atoms with Crippen LogP contribution < -0.4 is 0 Å². The molecule has 0 aliphatic carbocycles. The smallest absolute Gasteiger partial charge is 0.147 e. The Labute approximate surface area is 108 Å². The van der Waals surface area contributed by atoms with Gasteiger partial charge in [-0.25, -0.2) is 4.98 Å². The Morgan fingerprint density at radius 2 is 1.75 bits per heavy atom. The van der Waals surface area contributed by atoms with Gasteiger partial charge in [-0.05, 0) is 24.5 Å². The summed E-state index contributed by atoms with van der Waals surface area (Å²) in [6.07, 6.45) is 10.5. The third-order valence-corrected chi connectivity index (χ3v) is 3.53. The minimum Gasteiger partial charge on any atom is -0.243 e. The second kappa shape index (κ2) is 7.92. The van der Waals surface area contributed by atoms with E-state index in [0.29, 0.717) is 10.2 Å². The minimum absolute atomic E-state index is 0.421. The molecule has 90 valence electrons. The highest BCUT2D eigenvalue weighted by Gasteiger charge is 2.04. The first-order chi connectivity index (χ1) is 7.75. The average molecular weight is 260 g/mol. The maximum atomic E-state index is 6.06. The number of nitrogens with zero attached hydrogens (tertiary/aromatic N) is 1. The monoisotopic (exact) mass is 259 g/mol. The van der Waals surface area contributed by atoms with E-state index in [2.05, 4.69) is 11.9 Å². The predicted molar refractivity (Wildman–Crippen MR) is 71.3 cm³/mol. The van der Waals surface area contributed by atoms with Crippen LogP contribution in [0.25, 0.3) is 0 Å². The third-order valence-electron chi connectivity index (χ3n) is 2.73. The summed E-state index contributed by atoms with van der Waals surface area (Å²) in [6.45, 7) is 2.23. The van der Waals surface area contributed by atoms with Crippen molar-refractivity contribution < 1.29 is 0 Å². The molecule has 0 fully saturated rings. The number of aromatic nitrogens is 1. The minimum atomic E-state index is 0.421. The van der Waals surface area contributed by atoms with E-state index in [1.807, 2.05) is 6.07 Å². The Morgan fingerprint density at radius 3 is 2.50 bits per heavy atom. The van der Waals surface area contributed by atoms with Crippen molar-refractivity contribution in [1.29, 1.82) is 0 Å². The van der Waals surface area contributed by atoms with Gasteiger partial charge in [0.25, 0.3) is 0 Å². The number of hydrogen-bond donors (Lipinski definition) is 0. The summed E-state index contributed by atoms with van der Waals surface area (Å²) < 4.78 is 0. The molecule has 0 N–H and O–H groups in total. The molecule has 1 nitrogen and oxygen atoms in total. The van der Waals surface area contributed by atoms with E-state index in [9.17, 15) is 0 Å². The van der Waals surface area contributed by atoms with Crippen LogP contribution in [-0.4, -0.2) is 4.98 Å². The van der Waals surface area contributed by atoms with Gasteiger partial charge in [0, 0.05) is 6.20 Å². The lowest BCUT2D eigenvalue weighted by atomic mass is 10.1. The van der Waals surface area contributed by atoms with Crippen molar-refractivity contribution >= 4 is 23.2 Å². The fraction of sp³-hybridized carbons (Fsp3) is 0.615. The zero-order valence-corrected chi connectivity index (χ0v) is 11.3. The normalized spacial score (nSPS) is 10.7. The molecule has 0 saturated heterocycles. The molecule has 16 heavy (non-hydrogen) atoms. The van der Waals surface area contributed by atoms with E-state index < -0.39 is 0 Å². The van der Waals surface area contributed by atoms with Crippen LogP contribution in [0.3, 0.4) is 0 Å². The number of pyridine rings is 1. The largest absolute Gasteiger partial charge is 0.243 e. The van der Waals surface area contributed by atoms with Crippen molar-refractivity contribution in [2.75, 3.05) is 0 Å². The summed E-state index contributed by atoms with van der Waals surface area (Å²) in [6, 6.07) is 1.96. The first kappa shape index (κ1) is 13.8. The number of halogens is 2. The number of aryl methyl sites for hydroxylation is 1. The number of rotatable bonds is 7. The van der Waals surface area contributed by atoms with Gasteiger partial charge in [-0.15, -0.1) is 0 Å². The highest BCUT2D eigenvalue weighted by atomic mass is 35.5. The van der Waals surface area contributed by atoms with Crippen molar-refractivity contribution in [3.8, 4) is 0 Å². The van der Waals surface area contributed by atoms with E-state index in [4.69, 9.17) is 23.2 Å². The zero-order valence-electron chi connectivity index (χ0n) is 9.81. The molecule has 0 aromatic carbocycles. The van der Waals surface area contributed by atoms with Crippen molar-refractivity contribution in [2.45, 2.75) is 51.9 Å². The van der Waals surface area contributed by atoms with Crippen molar-refractivity contribution in [2.24, 2.45) is 0 Å². The topological polar surface area (TPSA) is 12.9 Å². The molecular weight excluding hydrogens is 241 g/mol. The van der Waals surface area contributed by atoms with Crippen LogP contribution in [0.4, 0.5) is 0 Å². The summed E-state index contributed by atoms with van der Waals surface area (Å²) in [4.78, 5) is 3.94. The van der Waals surface area contributed by atoms with E-state index in [1.165, 1.54) is 38.5 Å². The Balaban J connectivity index is 2.24. The predicted octanol–water partition coefficient (Wildman–Crippen LogP) is 5.29. The average Bonchev–Trinajstić information content (AvgIpc) is 2.29. The molecule has 1 rings (SSSR count). The highest BCUT2D eigenvalue weighted by molar-refractivity contribution is 6.41. The quantitative estimate of drug-likeness (QED) is 0.479. The van der Waals surface area contributed by atoms with Gasteiger partial charge in [-0.3, -0.25) is 0 Å². The summed E-state index contributed by atoms with van der Waals surface area (Å²) in [5.41, 5.74) is 1.12. The lowest BCUT2D eigenvalue weighted by Crippen LogP contribution is -1.90. The zero-order chi connectivity index (χ0) is 11.8.